The zero-order valence-electron chi connectivity index (χ0n) is 9.38. The quantitative estimate of drug-likeness (QED) is 0.763. The molecule has 4 nitrogen and oxygen atoms in total. The SMILES string of the molecule is CCONC(=O)c1ccc2c(c1)CCCN2. The van der Waals surface area contributed by atoms with E-state index in [-0.39, 0.29) is 5.91 Å². The van der Waals surface area contributed by atoms with Crippen molar-refractivity contribution in [3.8, 4) is 0 Å². The first kappa shape index (κ1) is 11.0. The van der Waals surface area contributed by atoms with Crippen LogP contribution in [-0.2, 0) is 11.3 Å². The lowest BCUT2D eigenvalue weighted by Gasteiger charge is -2.18. The number of rotatable bonds is 3. The van der Waals surface area contributed by atoms with Crippen molar-refractivity contribution in [2.24, 2.45) is 0 Å². The maximum Gasteiger partial charge on any atom is 0.274 e. The van der Waals surface area contributed by atoms with E-state index in [4.69, 9.17) is 4.84 Å². The number of fused-ring (bicyclic) bond motifs is 1. The van der Waals surface area contributed by atoms with Crippen molar-refractivity contribution in [1.29, 1.82) is 0 Å². The molecule has 1 aromatic carbocycles. The molecule has 0 saturated carbocycles. The number of hydrogen-bond donors (Lipinski definition) is 2. The summed E-state index contributed by atoms with van der Waals surface area (Å²) in [7, 11) is 0. The Bertz CT molecular complexity index is 391. The number of hydroxylamine groups is 1. The van der Waals surface area contributed by atoms with Gasteiger partial charge in [-0.2, -0.15) is 0 Å². The first-order valence-corrected chi connectivity index (χ1v) is 5.60. The molecule has 0 fully saturated rings. The smallest absolute Gasteiger partial charge is 0.274 e. The van der Waals surface area contributed by atoms with Crippen LogP contribution in [0.4, 0.5) is 5.69 Å². The third kappa shape index (κ3) is 2.33. The van der Waals surface area contributed by atoms with Gasteiger partial charge in [0.2, 0.25) is 0 Å². The van der Waals surface area contributed by atoms with Gasteiger partial charge in [-0.1, -0.05) is 0 Å². The molecule has 0 spiro atoms. The average Bonchev–Trinajstić information content (AvgIpc) is 2.35. The second-order valence-corrected chi connectivity index (χ2v) is 3.77. The third-order valence-electron chi connectivity index (χ3n) is 2.61. The van der Waals surface area contributed by atoms with E-state index in [1.165, 1.54) is 5.56 Å². The molecule has 0 saturated heterocycles. The third-order valence-corrected chi connectivity index (χ3v) is 2.61. The molecule has 1 aliphatic rings. The number of hydrogen-bond acceptors (Lipinski definition) is 3. The average molecular weight is 220 g/mol. The molecule has 2 rings (SSSR count). The number of carbonyl (C=O) groups excluding carboxylic acids is 1. The molecular weight excluding hydrogens is 204 g/mol. The van der Waals surface area contributed by atoms with Gasteiger partial charge in [-0.15, -0.1) is 0 Å². The fraction of sp³-hybridized carbons (Fsp3) is 0.417. The predicted octanol–water partition coefficient (Wildman–Crippen LogP) is 1.73. The molecule has 86 valence electrons. The van der Waals surface area contributed by atoms with Crippen LogP contribution in [-0.4, -0.2) is 19.1 Å². The van der Waals surface area contributed by atoms with Gasteiger partial charge in [-0.3, -0.25) is 9.63 Å². The molecule has 0 bridgehead atoms. The van der Waals surface area contributed by atoms with Crippen LogP contribution in [0.2, 0.25) is 0 Å². The topological polar surface area (TPSA) is 50.4 Å². The molecule has 0 aromatic heterocycles. The maximum atomic E-state index is 11.6. The molecular formula is C12H16N2O2. The Labute approximate surface area is 94.9 Å². The highest BCUT2D eigenvalue weighted by atomic mass is 16.6. The molecule has 1 amide bonds. The van der Waals surface area contributed by atoms with Crippen molar-refractivity contribution >= 4 is 11.6 Å². The highest BCUT2D eigenvalue weighted by Gasteiger charge is 2.12. The summed E-state index contributed by atoms with van der Waals surface area (Å²) < 4.78 is 0. The van der Waals surface area contributed by atoms with Crippen LogP contribution in [0, 0.1) is 0 Å². The summed E-state index contributed by atoms with van der Waals surface area (Å²) in [6, 6.07) is 5.69. The summed E-state index contributed by atoms with van der Waals surface area (Å²) in [6.07, 6.45) is 2.14. The molecule has 2 N–H and O–H groups in total. The van der Waals surface area contributed by atoms with E-state index in [0.29, 0.717) is 12.2 Å². The lowest BCUT2D eigenvalue weighted by atomic mass is 10.0. The summed E-state index contributed by atoms with van der Waals surface area (Å²) in [5.74, 6) is -0.185. The molecule has 4 heteroatoms. The fourth-order valence-corrected chi connectivity index (χ4v) is 1.81. The highest BCUT2D eigenvalue weighted by molar-refractivity contribution is 5.94. The van der Waals surface area contributed by atoms with Gasteiger partial charge in [0.15, 0.2) is 0 Å². The maximum absolute atomic E-state index is 11.6. The van der Waals surface area contributed by atoms with Crippen molar-refractivity contribution in [3.63, 3.8) is 0 Å². The number of amides is 1. The van der Waals surface area contributed by atoms with Crippen molar-refractivity contribution < 1.29 is 9.63 Å². The van der Waals surface area contributed by atoms with Crippen molar-refractivity contribution in [3.05, 3.63) is 29.3 Å². The van der Waals surface area contributed by atoms with Crippen molar-refractivity contribution in [1.82, 2.24) is 5.48 Å². The minimum Gasteiger partial charge on any atom is -0.385 e. The summed E-state index contributed by atoms with van der Waals surface area (Å²) in [4.78, 5) is 16.5. The number of carbonyl (C=O) groups is 1. The second-order valence-electron chi connectivity index (χ2n) is 3.77. The molecule has 1 aromatic rings. The van der Waals surface area contributed by atoms with Gasteiger partial charge in [-0.25, -0.2) is 5.48 Å². The zero-order valence-corrected chi connectivity index (χ0v) is 9.38. The number of aryl methyl sites for hydroxylation is 1. The molecule has 1 aliphatic heterocycles. The van der Waals surface area contributed by atoms with Gasteiger partial charge in [0.1, 0.15) is 0 Å². The van der Waals surface area contributed by atoms with E-state index in [2.05, 4.69) is 10.8 Å². The molecule has 0 aliphatic carbocycles. The van der Waals surface area contributed by atoms with Crippen LogP contribution in [0.15, 0.2) is 18.2 Å². The van der Waals surface area contributed by atoms with Crippen LogP contribution in [0.5, 0.6) is 0 Å². The summed E-state index contributed by atoms with van der Waals surface area (Å²) >= 11 is 0. The van der Waals surface area contributed by atoms with Crippen LogP contribution in [0.3, 0.4) is 0 Å². The van der Waals surface area contributed by atoms with E-state index in [1.54, 1.807) is 0 Å². The molecule has 1 heterocycles. The molecule has 0 unspecified atom stereocenters. The largest absolute Gasteiger partial charge is 0.385 e. The van der Waals surface area contributed by atoms with Crippen LogP contribution >= 0.6 is 0 Å². The monoisotopic (exact) mass is 220 g/mol. The molecule has 16 heavy (non-hydrogen) atoms. The standard InChI is InChI=1S/C12H16N2O2/c1-2-16-14-12(15)10-5-6-11-9(8-10)4-3-7-13-11/h5-6,8,13H,2-4,7H2,1H3,(H,14,15). The molecule has 0 radical (unpaired) electrons. The van der Waals surface area contributed by atoms with Crippen LogP contribution in [0.25, 0.3) is 0 Å². The first-order valence-electron chi connectivity index (χ1n) is 5.60. The Morgan fingerprint density at radius 3 is 3.25 bits per heavy atom. The Morgan fingerprint density at radius 1 is 1.56 bits per heavy atom. The number of benzene rings is 1. The summed E-state index contributed by atoms with van der Waals surface area (Å²) in [6.45, 7) is 3.31. The Kier molecular flexibility index (Phi) is 3.41. The number of nitrogens with one attached hydrogen (secondary N) is 2. The first-order chi connectivity index (χ1) is 7.81. The Balaban J connectivity index is 2.13. The van der Waals surface area contributed by atoms with E-state index < -0.39 is 0 Å². The van der Waals surface area contributed by atoms with Crippen molar-refractivity contribution in [2.45, 2.75) is 19.8 Å². The second kappa shape index (κ2) is 4.99. The minimum atomic E-state index is -0.185. The van der Waals surface area contributed by atoms with E-state index >= 15 is 0 Å². The van der Waals surface area contributed by atoms with E-state index in [1.807, 2.05) is 25.1 Å². The molecule has 0 atom stereocenters. The van der Waals surface area contributed by atoms with E-state index in [0.717, 1.165) is 25.1 Å². The Hall–Kier alpha value is -1.55. The van der Waals surface area contributed by atoms with Gasteiger partial charge in [-0.05, 0) is 43.5 Å². The van der Waals surface area contributed by atoms with Crippen LogP contribution < -0.4 is 10.8 Å². The van der Waals surface area contributed by atoms with Gasteiger partial charge >= 0.3 is 0 Å². The van der Waals surface area contributed by atoms with Crippen LogP contribution in [0.1, 0.15) is 29.3 Å². The predicted molar refractivity (Wildman–Crippen MR) is 62.3 cm³/mol. The van der Waals surface area contributed by atoms with Gasteiger partial charge in [0.05, 0.1) is 6.61 Å². The van der Waals surface area contributed by atoms with Gasteiger partial charge in [0.25, 0.3) is 5.91 Å². The van der Waals surface area contributed by atoms with Gasteiger partial charge < -0.3 is 5.32 Å². The minimum absolute atomic E-state index is 0.185. The van der Waals surface area contributed by atoms with E-state index in [9.17, 15) is 4.79 Å². The van der Waals surface area contributed by atoms with Gasteiger partial charge in [0, 0.05) is 17.8 Å². The lowest BCUT2D eigenvalue weighted by molar-refractivity contribution is 0.0364. The fourth-order valence-electron chi connectivity index (χ4n) is 1.81. The highest BCUT2D eigenvalue weighted by Crippen LogP contribution is 2.22. The Morgan fingerprint density at radius 2 is 2.44 bits per heavy atom. The summed E-state index contributed by atoms with van der Waals surface area (Å²) in [5.41, 5.74) is 5.39. The normalized spacial score (nSPS) is 13.8. The zero-order chi connectivity index (χ0) is 11.4. The summed E-state index contributed by atoms with van der Waals surface area (Å²) in [5, 5.41) is 3.31. The number of anilines is 1. The van der Waals surface area contributed by atoms with Crippen molar-refractivity contribution in [2.75, 3.05) is 18.5 Å². The lowest BCUT2D eigenvalue weighted by Crippen LogP contribution is -2.24.